The zero-order valence-corrected chi connectivity index (χ0v) is 27.7. The van der Waals surface area contributed by atoms with Crippen molar-refractivity contribution in [2.24, 2.45) is 5.92 Å². The number of amides is 3. The van der Waals surface area contributed by atoms with Crippen molar-refractivity contribution in [1.29, 1.82) is 0 Å². The highest BCUT2D eigenvalue weighted by atomic mass is 32.2. The molecule has 14 heteroatoms. The van der Waals surface area contributed by atoms with Gasteiger partial charge in [-0.25, -0.2) is 13.1 Å². The number of carbonyl (C=O) groups excluding carboxylic acids is 3. The van der Waals surface area contributed by atoms with E-state index >= 15 is 0 Å². The molecule has 0 unspecified atom stereocenters. The SMILES string of the molecule is COc1ccc2c(O[C@@H]3C[C@H]4C(=O)N[C@]5(C(=O)NS(=O)(=O)C6CC6)C[C@@H]5/C=C\CCCCCCC(=O)N4C3)nc(-n3cccn3)cc2c1. The molecule has 4 aliphatic rings. The van der Waals surface area contributed by atoms with E-state index in [1.807, 2.05) is 36.4 Å². The minimum absolute atomic E-state index is 0.154. The fraction of sp³-hybridized carbons (Fsp3) is 0.500. The van der Waals surface area contributed by atoms with E-state index in [0.717, 1.165) is 36.5 Å². The molecular formula is C34H40N6O7S. The first-order valence-corrected chi connectivity index (χ1v) is 18.2. The van der Waals surface area contributed by atoms with Gasteiger partial charge in [-0.3, -0.25) is 19.1 Å². The van der Waals surface area contributed by atoms with Crippen molar-refractivity contribution in [2.75, 3.05) is 13.7 Å². The maximum atomic E-state index is 14.1. The summed E-state index contributed by atoms with van der Waals surface area (Å²) in [5.74, 6) is -0.232. The summed E-state index contributed by atoms with van der Waals surface area (Å²) < 4.78 is 41.2. The van der Waals surface area contributed by atoms with E-state index in [2.05, 4.69) is 15.1 Å². The molecule has 254 valence electrons. The molecule has 2 saturated carbocycles. The highest BCUT2D eigenvalue weighted by Crippen LogP contribution is 2.46. The first-order chi connectivity index (χ1) is 23.2. The summed E-state index contributed by atoms with van der Waals surface area (Å²) in [4.78, 5) is 47.5. The lowest BCUT2D eigenvalue weighted by molar-refractivity contribution is -0.139. The molecule has 13 nitrogen and oxygen atoms in total. The Morgan fingerprint density at radius 2 is 1.96 bits per heavy atom. The van der Waals surface area contributed by atoms with Gasteiger partial charge in [0.1, 0.15) is 23.4 Å². The Bertz CT molecular complexity index is 1860. The Kier molecular flexibility index (Phi) is 8.60. The molecule has 3 aromatic rings. The highest BCUT2D eigenvalue weighted by molar-refractivity contribution is 7.91. The molecule has 2 N–H and O–H groups in total. The van der Waals surface area contributed by atoms with Crippen LogP contribution in [0.15, 0.2) is 54.9 Å². The second-order valence-electron chi connectivity index (χ2n) is 13.2. The molecule has 48 heavy (non-hydrogen) atoms. The third-order valence-electron chi connectivity index (χ3n) is 9.74. The number of hydrogen-bond donors (Lipinski definition) is 2. The van der Waals surface area contributed by atoms with E-state index in [4.69, 9.17) is 14.5 Å². The second kappa shape index (κ2) is 12.9. The van der Waals surface area contributed by atoms with Crippen LogP contribution in [0.25, 0.3) is 16.6 Å². The number of aromatic nitrogens is 3. The van der Waals surface area contributed by atoms with Gasteiger partial charge < -0.3 is 19.7 Å². The van der Waals surface area contributed by atoms with Crippen LogP contribution in [0.5, 0.6) is 11.6 Å². The summed E-state index contributed by atoms with van der Waals surface area (Å²) in [5.41, 5.74) is -1.40. The van der Waals surface area contributed by atoms with E-state index in [1.54, 1.807) is 35.2 Å². The molecular weight excluding hydrogens is 636 g/mol. The van der Waals surface area contributed by atoms with E-state index in [9.17, 15) is 22.8 Å². The average molecular weight is 677 g/mol. The number of fused-ring (bicyclic) bond motifs is 3. The smallest absolute Gasteiger partial charge is 0.259 e. The van der Waals surface area contributed by atoms with Crippen molar-refractivity contribution in [3.63, 3.8) is 0 Å². The van der Waals surface area contributed by atoms with Crippen molar-refractivity contribution in [1.82, 2.24) is 29.7 Å². The molecule has 2 aliphatic heterocycles. The van der Waals surface area contributed by atoms with Gasteiger partial charge in [0.05, 0.1) is 18.9 Å². The predicted molar refractivity (Wildman–Crippen MR) is 176 cm³/mol. The van der Waals surface area contributed by atoms with Crippen molar-refractivity contribution in [3.05, 3.63) is 54.9 Å². The van der Waals surface area contributed by atoms with Gasteiger partial charge in [-0.05, 0) is 74.2 Å². The maximum absolute atomic E-state index is 14.1. The summed E-state index contributed by atoms with van der Waals surface area (Å²) in [6, 6.07) is 8.30. The molecule has 4 heterocycles. The van der Waals surface area contributed by atoms with Crippen LogP contribution in [0.2, 0.25) is 0 Å². The van der Waals surface area contributed by atoms with Crippen molar-refractivity contribution >= 4 is 38.5 Å². The molecule has 7 rings (SSSR count). The minimum atomic E-state index is -3.82. The van der Waals surface area contributed by atoms with E-state index < -0.39 is 44.8 Å². The number of benzene rings is 1. The van der Waals surface area contributed by atoms with E-state index in [-0.39, 0.29) is 37.6 Å². The number of nitrogens with zero attached hydrogens (tertiary/aromatic N) is 4. The van der Waals surface area contributed by atoms with Crippen LogP contribution >= 0.6 is 0 Å². The molecule has 2 aromatic heterocycles. The van der Waals surface area contributed by atoms with Crippen LogP contribution < -0.4 is 19.5 Å². The Hall–Kier alpha value is -4.46. The number of methoxy groups -OCH3 is 1. The maximum Gasteiger partial charge on any atom is 0.259 e. The second-order valence-corrected chi connectivity index (χ2v) is 15.1. The summed E-state index contributed by atoms with van der Waals surface area (Å²) in [7, 11) is -2.23. The van der Waals surface area contributed by atoms with Crippen LogP contribution in [-0.4, -0.2) is 82.4 Å². The zero-order valence-electron chi connectivity index (χ0n) is 26.8. The third kappa shape index (κ3) is 6.49. The Morgan fingerprint density at radius 3 is 2.73 bits per heavy atom. The van der Waals surface area contributed by atoms with Gasteiger partial charge in [0.25, 0.3) is 5.91 Å². The first-order valence-electron chi connectivity index (χ1n) is 16.7. The summed E-state index contributed by atoms with van der Waals surface area (Å²) in [6.45, 7) is 0.154. The lowest BCUT2D eigenvalue weighted by atomic mass is 10.1. The van der Waals surface area contributed by atoms with E-state index in [1.165, 1.54) is 0 Å². The van der Waals surface area contributed by atoms with Gasteiger partial charge in [0.2, 0.25) is 27.7 Å². The number of rotatable bonds is 7. The zero-order chi connectivity index (χ0) is 33.5. The number of carbonyl (C=O) groups is 3. The lowest BCUT2D eigenvalue weighted by Crippen LogP contribution is -2.56. The van der Waals surface area contributed by atoms with Crippen LogP contribution in [0.4, 0.5) is 0 Å². The topological polar surface area (TPSA) is 162 Å². The fourth-order valence-corrected chi connectivity index (χ4v) is 8.12. The largest absolute Gasteiger partial charge is 0.497 e. The number of nitrogens with one attached hydrogen (secondary N) is 2. The van der Waals surface area contributed by atoms with Crippen LogP contribution in [0, 0.1) is 5.92 Å². The summed E-state index contributed by atoms with van der Waals surface area (Å²) in [6.07, 6.45) is 12.8. The van der Waals surface area contributed by atoms with Gasteiger partial charge in [0.15, 0.2) is 5.82 Å². The van der Waals surface area contributed by atoms with Gasteiger partial charge in [0, 0.05) is 36.5 Å². The third-order valence-corrected chi connectivity index (χ3v) is 11.6. The van der Waals surface area contributed by atoms with Crippen molar-refractivity contribution in [2.45, 2.75) is 87.1 Å². The molecule has 1 aromatic carbocycles. The Balaban J connectivity index is 1.17. The molecule has 0 spiro atoms. The normalized spacial score (nSPS) is 27.2. The van der Waals surface area contributed by atoms with Gasteiger partial charge in [-0.1, -0.05) is 25.0 Å². The highest BCUT2D eigenvalue weighted by Gasteiger charge is 2.62. The molecule has 4 atom stereocenters. The van der Waals surface area contributed by atoms with Gasteiger partial charge in [-0.15, -0.1) is 0 Å². The van der Waals surface area contributed by atoms with E-state index in [0.29, 0.717) is 36.7 Å². The molecule has 2 aliphatic carbocycles. The molecule has 1 saturated heterocycles. The van der Waals surface area contributed by atoms with Crippen LogP contribution in [0.3, 0.4) is 0 Å². The molecule has 3 fully saturated rings. The minimum Gasteiger partial charge on any atom is -0.497 e. The van der Waals surface area contributed by atoms with Crippen molar-refractivity contribution < 1.29 is 32.3 Å². The number of hydrogen-bond acceptors (Lipinski definition) is 9. The number of allylic oxidation sites excluding steroid dienone is 1. The standard InChI is InChI=1S/C34H40N6O7S/c1-46-24-11-14-27-22(17-24)18-29(40-16-8-15-35-40)36-32(27)47-25-19-28-31(42)37-34(33(43)38-48(44,45)26-12-13-26)20-23(34)9-6-4-2-3-5-7-10-30(41)39(28)21-25/h6,8-9,11,14-18,23,25-26,28H,2-5,7,10,12-13,19-21H2,1H3,(H,37,42)(H,38,43)/b9-6-/t23-,25+,28-,34+/m0/s1. The number of ether oxygens (including phenoxy) is 2. The van der Waals surface area contributed by atoms with Gasteiger partial charge in [-0.2, -0.15) is 10.1 Å². The summed E-state index contributed by atoms with van der Waals surface area (Å²) >= 11 is 0. The quantitative estimate of drug-likeness (QED) is 0.358. The average Bonchev–Trinajstić information content (AvgIpc) is 3.93. The van der Waals surface area contributed by atoms with Crippen molar-refractivity contribution in [3.8, 4) is 17.4 Å². The molecule has 0 bridgehead atoms. The molecule has 3 amide bonds. The first kappa shape index (κ1) is 32.1. The summed E-state index contributed by atoms with van der Waals surface area (Å²) in [5, 5.41) is 8.18. The molecule has 0 radical (unpaired) electrons. The number of sulfonamides is 1. The fourth-order valence-electron chi connectivity index (χ4n) is 6.76. The Morgan fingerprint density at radius 1 is 1.12 bits per heavy atom. The van der Waals surface area contributed by atoms with Crippen LogP contribution in [-0.2, 0) is 24.4 Å². The predicted octanol–water partition coefficient (Wildman–Crippen LogP) is 3.17. The monoisotopic (exact) mass is 676 g/mol. The van der Waals surface area contributed by atoms with Crippen LogP contribution in [0.1, 0.15) is 64.2 Å². The van der Waals surface area contributed by atoms with Gasteiger partial charge >= 0.3 is 0 Å². The number of pyridine rings is 1. The Labute approximate surface area is 279 Å². The lowest BCUT2D eigenvalue weighted by Gasteiger charge is -2.26.